The van der Waals surface area contributed by atoms with Crippen molar-refractivity contribution in [2.75, 3.05) is 0 Å². The van der Waals surface area contributed by atoms with Crippen molar-refractivity contribution in [3.8, 4) is 17.2 Å². The van der Waals surface area contributed by atoms with Gasteiger partial charge in [0.2, 0.25) is 0 Å². The molecule has 3 heteroatoms. The fraction of sp³-hybridized carbons (Fsp3) is 0.429. The monoisotopic (exact) mass is 322 g/mol. The Labute approximate surface area is 143 Å². The summed E-state index contributed by atoms with van der Waals surface area (Å²) >= 11 is 0. The summed E-state index contributed by atoms with van der Waals surface area (Å²) in [4.78, 5) is 4.92. The second-order valence-corrected chi connectivity index (χ2v) is 7.57. The minimum Gasteiger partial charge on any atom is -0.256 e. The van der Waals surface area contributed by atoms with E-state index in [1.807, 2.05) is 0 Å². The average Bonchev–Trinajstić information content (AvgIpc) is 2.78. The van der Waals surface area contributed by atoms with E-state index in [0.717, 1.165) is 48.2 Å². The van der Waals surface area contributed by atoms with Crippen LogP contribution in [0.5, 0.6) is 0 Å². The molecule has 0 saturated carbocycles. The average molecular weight is 322 g/mol. The van der Waals surface area contributed by atoms with Gasteiger partial charge in [-0.2, -0.15) is 5.26 Å². The molecule has 3 rings (SSSR count). The Morgan fingerprint density at radius 3 is 2.33 bits per heavy atom. The summed E-state index contributed by atoms with van der Waals surface area (Å²) in [5.74, 6) is -0.256. The summed E-state index contributed by atoms with van der Waals surface area (Å²) in [6, 6.07) is 8.90. The van der Waals surface area contributed by atoms with E-state index in [2.05, 4.69) is 26.8 Å². The topological polar surface area (TPSA) is 36.7 Å². The van der Waals surface area contributed by atoms with Gasteiger partial charge in [-0.3, -0.25) is 4.98 Å². The number of hydrogen-bond acceptors (Lipinski definition) is 2. The first-order chi connectivity index (χ1) is 11.4. The lowest BCUT2D eigenvalue weighted by molar-refractivity contribution is 0.562. The minimum atomic E-state index is -0.256. The van der Waals surface area contributed by atoms with E-state index in [-0.39, 0.29) is 11.2 Å². The molecule has 0 N–H and O–H groups in total. The van der Waals surface area contributed by atoms with Crippen LogP contribution in [0.1, 0.15) is 62.5 Å². The summed E-state index contributed by atoms with van der Waals surface area (Å²) in [5.41, 5.74) is 5.48. The summed E-state index contributed by atoms with van der Waals surface area (Å²) in [5, 5.41) is 9.89. The quantitative estimate of drug-likeness (QED) is 0.666. The molecule has 1 aliphatic carbocycles. The summed E-state index contributed by atoms with van der Waals surface area (Å²) < 4.78 is 13.4. The Kier molecular flexibility index (Phi) is 4.41. The van der Waals surface area contributed by atoms with E-state index in [4.69, 9.17) is 4.98 Å². The number of halogens is 1. The smallest absolute Gasteiger partial charge is 0.123 e. The van der Waals surface area contributed by atoms with Crippen molar-refractivity contribution in [2.24, 2.45) is 0 Å². The number of aryl methyl sites for hydroxylation is 1. The molecule has 0 bridgehead atoms. The number of benzene rings is 1. The highest BCUT2D eigenvalue weighted by molar-refractivity contribution is 5.76. The van der Waals surface area contributed by atoms with E-state index < -0.39 is 0 Å². The normalized spacial score (nSPS) is 14.6. The lowest BCUT2D eigenvalue weighted by Gasteiger charge is -2.24. The third-order valence-corrected chi connectivity index (χ3v) is 4.68. The van der Waals surface area contributed by atoms with E-state index in [1.165, 1.54) is 24.1 Å². The van der Waals surface area contributed by atoms with Crippen LogP contribution < -0.4 is 0 Å². The van der Waals surface area contributed by atoms with Crippen LogP contribution in [0.4, 0.5) is 4.39 Å². The highest BCUT2D eigenvalue weighted by atomic mass is 19.1. The predicted molar refractivity (Wildman–Crippen MR) is 94.3 cm³/mol. The predicted octanol–water partition coefficient (Wildman–Crippen LogP) is 5.33. The van der Waals surface area contributed by atoms with Gasteiger partial charge in [0, 0.05) is 16.7 Å². The maximum absolute atomic E-state index is 13.4. The summed E-state index contributed by atoms with van der Waals surface area (Å²) in [6.45, 7) is 6.27. The van der Waals surface area contributed by atoms with Gasteiger partial charge in [-0.25, -0.2) is 4.39 Å². The number of aromatic nitrogens is 1. The Morgan fingerprint density at radius 1 is 1.04 bits per heavy atom. The van der Waals surface area contributed by atoms with Gasteiger partial charge in [0.25, 0.3) is 0 Å². The van der Waals surface area contributed by atoms with Gasteiger partial charge in [-0.1, -0.05) is 39.3 Å². The molecule has 1 aromatic heterocycles. The lowest BCUT2D eigenvalue weighted by atomic mass is 9.82. The van der Waals surface area contributed by atoms with Crippen LogP contribution in [0.2, 0.25) is 0 Å². The molecule has 0 spiro atoms. The van der Waals surface area contributed by atoms with Gasteiger partial charge < -0.3 is 0 Å². The van der Waals surface area contributed by atoms with E-state index in [9.17, 15) is 9.65 Å². The molecule has 0 aliphatic heterocycles. The van der Waals surface area contributed by atoms with Crippen molar-refractivity contribution in [1.82, 2.24) is 4.98 Å². The number of rotatable bonds is 1. The minimum absolute atomic E-state index is 0.207. The third-order valence-electron chi connectivity index (χ3n) is 4.68. The third kappa shape index (κ3) is 3.06. The highest BCUT2D eigenvalue weighted by Gasteiger charge is 2.27. The Morgan fingerprint density at radius 2 is 1.71 bits per heavy atom. The van der Waals surface area contributed by atoms with Crippen LogP contribution in [-0.2, 0) is 18.3 Å². The lowest BCUT2D eigenvalue weighted by Crippen LogP contribution is -2.19. The van der Waals surface area contributed by atoms with E-state index >= 15 is 0 Å². The zero-order valence-electron chi connectivity index (χ0n) is 14.6. The molecule has 0 atom stereocenters. The van der Waals surface area contributed by atoms with Gasteiger partial charge in [0.1, 0.15) is 11.9 Å². The summed E-state index contributed by atoms with van der Waals surface area (Å²) in [7, 11) is 0. The number of pyridine rings is 1. The first-order valence-corrected chi connectivity index (χ1v) is 8.64. The fourth-order valence-electron chi connectivity index (χ4n) is 3.51. The molecule has 1 heterocycles. The molecular formula is C21H23FN2. The Hall–Kier alpha value is -2.21. The second-order valence-electron chi connectivity index (χ2n) is 7.57. The molecule has 0 radical (unpaired) electrons. The number of hydrogen-bond donors (Lipinski definition) is 0. The van der Waals surface area contributed by atoms with Crippen molar-refractivity contribution in [2.45, 2.75) is 58.3 Å². The number of nitrogens with zero attached hydrogens (tertiary/aromatic N) is 2. The summed E-state index contributed by atoms with van der Waals surface area (Å²) in [6.07, 6.45) is 5.33. The molecule has 1 aliphatic rings. The highest BCUT2D eigenvalue weighted by Crippen LogP contribution is 2.37. The van der Waals surface area contributed by atoms with Crippen LogP contribution in [0.15, 0.2) is 24.3 Å². The van der Waals surface area contributed by atoms with Crippen LogP contribution in [-0.4, -0.2) is 4.98 Å². The number of nitriles is 1. The molecule has 0 saturated heterocycles. The molecular weight excluding hydrogens is 299 g/mol. The van der Waals surface area contributed by atoms with Gasteiger partial charge in [-0.15, -0.1) is 0 Å². The van der Waals surface area contributed by atoms with Crippen molar-refractivity contribution in [3.63, 3.8) is 0 Å². The van der Waals surface area contributed by atoms with Crippen molar-refractivity contribution < 1.29 is 4.39 Å². The molecule has 0 fully saturated rings. The molecule has 1 aromatic carbocycles. The molecule has 0 unspecified atom stereocenters. The van der Waals surface area contributed by atoms with Gasteiger partial charge in [0.15, 0.2) is 0 Å². The molecule has 24 heavy (non-hydrogen) atoms. The van der Waals surface area contributed by atoms with Gasteiger partial charge >= 0.3 is 0 Å². The molecule has 0 amide bonds. The number of fused-ring (bicyclic) bond motifs is 1. The zero-order chi connectivity index (χ0) is 17.3. The van der Waals surface area contributed by atoms with Crippen LogP contribution in [0, 0.1) is 17.1 Å². The largest absolute Gasteiger partial charge is 0.256 e. The van der Waals surface area contributed by atoms with E-state index in [1.54, 1.807) is 12.1 Å². The molecule has 2 aromatic rings. The molecule has 2 nitrogen and oxygen atoms in total. The van der Waals surface area contributed by atoms with Crippen LogP contribution >= 0.6 is 0 Å². The first-order valence-electron chi connectivity index (χ1n) is 8.64. The second kappa shape index (κ2) is 6.36. The first kappa shape index (κ1) is 16.6. The van der Waals surface area contributed by atoms with Crippen LogP contribution in [0.3, 0.4) is 0 Å². The SMILES string of the molecule is CC(C)(C)c1nc2c(c(-c3ccc(F)cc3)c1C#N)CCCCC2. The fourth-order valence-corrected chi connectivity index (χ4v) is 3.51. The van der Waals surface area contributed by atoms with E-state index in [0.29, 0.717) is 5.56 Å². The van der Waals surface area contributed by atoms with Gasteiger partial charge in [-0.05, 0) is 48.9 Å². The van der Waals surface area contributed by atoms with Crippen molar-refractivity contribution >= 4 is 0 Å². The van der Waals surface area contributed by atoms with Crippen molar-refractivity contribution in [3.05, 3.63) is 52.6 Å². The Balaban J connectivity index is 2.35. The standard InChI is InChI=1S/C21H23FN2/c1-21(2,3)20-17(13-23)19(14-9-11-15(22)12-10-14)16-7-5-4-6-8-18(16)24-20/h9-12H,4-8H2,1-3H3. The Bertz CT molecular complexity index is 793. The zero-order valence-corrected chi connectivity index (χ0v) is 14.6. The maximum Gasteiger partial charge on any atom is 0.123 e. The van der Waals surface area contributed by atoms with Crippen LogP contribution in [0.25, 0.3) is 11.1 Å². The van der Waals surface area contributed by atoms with Gasteiger partial charge in [0.05, 0.1) is 11.3 Å². The maximum atomic E-state index is 13.4. The van der Waals surface area contributed by atoms with Crippen molar-refractivity contribution in [1.29, 1.82) is 5.26 Å². The molecule has 124 valence electrons.